The Bertz CT molecular complexity index is 1410. The van der Waals surface area contributed by atoms with Gasteiger partial charge in [0.2, 0.25) is 5.88 Å². The molecule has 3 aromatic rings. The van der Waals surface area contributed by atoms with Crippen LogP contribution in [0, 0.1) is 17.7 Å². The maximum atomic E-state index is 15.1. The molecule has 3 atom stereocenters. The van der Waals surface area contributed by atoms with E-state index in [1.165, 1.54) is 13.2 Å². The average molecular weight is 550 g/mol. The van der Waals surface area contributed by atoms with Gasteiger partial charge in [-0.05, 0) is 60.7 Å². The van der Waals surface area contributed by atoms with Crippen LogP contribution < -0.4 is 9.47 Å². The fourth-order valence-corrected chi connectivity index (χ4v) is 5.32. The molecule has 1 aliphatic heterocycles. The quantitative estimate of drug-likeness (QED) is 0.238. The largest absolute Gasteiger partial charge is 0.486 e. The minimum absolute atomic E-state index is 0.0544. The Hall–Kier alpha value is -3.60. The van der Waals surface area contributed by atoms with Gasteiger partial charge in [-0.1, -0.05) is 35.7 Å². The Balaban J connectivity index is 1.34. The van der Waals surface area contributed by atoms with Crippen molar-refractivity contribution >= 4 is 17.6 Å². The van der Waals surface area contributed by atoms with Crippen LogP contribution in [0.1, 0.15) is 54.9 Å². The van der Waals surface area contributed by atoms with Crippen molar-refractivity contribution < 1.29 is 28.1 Å². The van der Waals surface area contributed by atoms with E-state index in [0.717, 1.165) is 28.7 Å². The molecule has 2 aliphatic rings. The van der Waals surface area contributed by atoms with Crippen LogP contribution in [0.4, 0.5) is 4.39 Å². The number of esters is 1. The molecule has 0 saturated carbocycles. The number of fused-ring (bicyclic) bond motifs is 1. The summed E-state index contributed by atoms with van der Waals surface area (Å²) in [6.45, 7) is 2.93. The number of pyridine rings is 1. The molecule has 1 aliphatic carbocycles. The summed E-state index contributed by atoms with van der Waals surface area (Å²) in [6.07, 6.45) is 3.50. The molecule has 0 spiro atoms. The highest BCUT2D eigenvalue weighted by Crippen LogP contribution is 2.42. The Kier molecular flexibility index (Phi) is 8.35. The molecule has 0 radical (unpaired) electrons. The smallest absolute Gasteiger partial charge is 0.307 e. The number of halogens is 2. The van der Waals surface area contributed by atoms with Crippen LogP contribution in [0.2, 0.25) is 5.02 Å². The van der Waals surface area contributed by atoms with Gasteiger partial charge in [-0.15, -0.1) is 5.92 Å². The summed E-state index contributed by atoms with van der Waals surface area (Å²) >= 11 is 6.51. The third-order valence-corrected chi connectivity index (χ3v) is 7.32. The van der Waals surface area contributed by atoms with E-state index >= 15 is 4.39 Å². The second kappa shape index (κ2) is 12.1. The van der Waals surface area contributed by atoms with Crippen molar-refractivity contribution in [1.82, 2.24) is 4.98 Å². The first-order valence-electron chi connectivity index (χ1n) is 12.9. The number of carbonyl (C=O) groups excluding carboxylic acids is 1. The molecule has 6 nitrogen and oxygen atoms in total. The van der Waals surface area contributed by atoms with Gasteiger partial charge >= 0.3 is 5.97 Å². The summed E-state index contributed by atoms with van der Waals surface area (Å²) in [7, 11) is 1.36. The van der Waals surface area contributed by atoms with Crippen molar-refractivity contribution in [2.75, 3.05) is 20.3 Å². The Labute approximate surface area is 232 Å². The molecule has 1 saturated heterocycles. The first kappa shape index (κ1) is 27.0. The van der Waals surface area contributed by atoms with Gasteiger partial charge in [0.05, 0.1) is 32.7 Å². The van der Waals surface area contributed by atoms with Crippen molar-refractivity contribution in [3.63, 3.8) is 0 Å². The molecule has 0 bridgehead atoms. The number of ether oxygens (including phenoxy) is 4. The second-order valence-electron chi connectivity index (χ2n) is 9.54. The number of nitrogens with zero attached hydrogens (tertiary/aromatic N) is 1. The zero-order valence-corrected chi connectivity index (χ0v) is 22.6. The zero-order chi connectivity index (χ0) is 27.4. The fraction of sp³-hybridized carbons (Fsp3) is 0.355. The lowest BCUT2D eigenvalue weighted by atomic mass is 9.96. The van der Waals surface area contributed by atoms with Gasteiger partial charge in [-0.3, -0.25) is 4.79 Å². The van der Waals surface area contributed by atoms with Gasteiger partial charge in [0.1, 0.15) is 28.8 Å². The van der Waals surface area contributed by atoms with E-state index in [1.54, 1.807) is 19.2 Å². The molecule has 39 heavy (non-hydrogen) atoms. The average Bonchev–Trinajstić information content (AvgIpc) is 3.61. The molecule has 202 valence electrons. The topological polar surface area (TPSA) is 66.9 Å². The van der Waals surface area contributed by atoms with Crippen LogP contribution in [0.5, 0.6) is 11.6 Å². The zero-order valence-electron chi connectivity index (χ0n) is 21.8. The Morgan fingerprint density at radius 2 is 2.03 bits per heavy atom. The van der Waals surface area contributed by atoms with Crippen LogP contribution in [-0.2, 0) is 20.7 Å². The number of rotatable bonds is 8. The number of hydrogen-bond donors (Lipinski definition) is 0. The molecule has 1 fully saturated rings. The van der Waals surface area contributed by atoms with E-state index in [0.29, 0.717) is 48.3 Å². The van der Waals surface area contributed by atoms with Crippen LogP contribution in [0.15, 0.2) is 48.7 Å². The molecule has 0 amide bonds. The van der Waals surface area contributed by atoms with E-state index in [2.05, 4.69) is 16.8 Å². The number of methoxy groups -OCH3 is 1. The highest BCUT2D eigenvalue weighted by Gasteiger charge is 2.31. The van der Waals surface area contributed by atoms with Gasteiger partial charge in [0, 0.05) is 23.7 Å². The predicted molar refractivity (Wildman–Crippen MR) is 145 cm³/mol. The summed E-state index contributed by atoms with van der Waals surface area (Å²) in [5.41, 5.74) is 4.01. The number of carbonyl (C=O) groups is 1. The van der Waals surface area contributed by atoms with Crippen molar-refractivity contribution in [3.05, 3.63) is 76.2 Å². The molecule has 2 aromatic carbocycles. The highest BCUT2D eigenvalue weighted by molar-refractivity contribution is 6.32. The summed E-state index contributed by atoms with van der Waals surface area (Å²) in [6, 6.07) is 12.5. The lowest BCUT2D eigenvalue weighted by molar-refractivity contribution is -0.140. The monoisotopic (exact) mass is 549 g/mol. The van der Waals surface area contributed by atoms with E-state index in [-0.39, 0.29) is 30.2 Å². The third kappa shape index (κ3) is 6.03. The van der Waals surface area contributed by atoms with Crippen molar-refractivity contribution in [2.45, 2.75) is 50.7 Å². The fourth-order valence-electron chi connectivity index (χ4n) is 5.10. The van der Waals surface area contributed by atoms with Crippen molar-refractivity contribution in [1.29, 1.82) is 0 Å². The number of aromatic nitrogens is 1. The maximum absolute atomic E-state index is 15.1. The van der Waals surface area contributed by atoms with Crippen LogP contribution in [0.25, 0.3) is 11.1 Å². The predicted octanol–water partition coefficient (Wildman–Crippen LogP) is 6.45. The molecule has 2 heterocycles. The van der Waals surface area contributed by atoms with E-state index in [4.69, 9.17) is 30.5 Å². The summed E-state index contributed by atoms with van der Waals surface area (Å²) in [5, 5.41) is 0.404. The molecule has 0 N–H and O–H groups in total. The second-order valence-corrected chi connectivity index (χ2v) is 9.95. The minimum Gasteiger partial charge on any atom is -0.486 e. The molecular formula is C31H29ClFNO5. The number of benzene rings is 2. The van der Waals surface area contributed by atoms with Crippen molar-refractivity contribution in [3.8, 4) is 34.6 Å². The van der Waals surface area contributed by atoms with Crippen LogP contribution in [0.3, 0.4) is 0 Å². The van der Waals surface area contributed by atoms with Crippen LogP contribution >= 0.6 is 11.6 Å². The third-order valence-electron chi connectivity index (χ3n) is 7.04. The van der Waals surface area contributed by atoms with Crippen LogP contribution in [-0.4, -0.2) is 37.4 Å². The molecular weight excluding hydrogens is 521 g/mol. The Morgan fingerprint density at radius 1 is 1.21 bits per heavy atom. The first-order chi connectivity index (χ1) is 19.0. The van der Waals surface area contributed by atoms with E-state index in [9.17, 15) is 4.79 Å². The minimum atomic E-state index is -0.430. The van der Waals surface area contributed by atoms with Gasteiger partial charge in [0.15, 0.2) is 0 Å². The SMILES string of the molecule is CC#CC(CC(=O)OC)c1ccc(O[C@@H]2CCc3c(-c4cnc(O[C@@H]5CCOC5)c(Cl)c4)ccc(F)c32)cc1. The summed E-state index contributed by atoms with van der Waals surface area (Å²) < 4.78 is 37.4. The molecule has 1 unspecified atom stereocenters. The summed E-state index contributed by atoms with van der Waals surface area (Å²) in [4.78, 5) is 16.2. The highest BCUT2D eigenvalue weighted by atomic mass is 35.5. The van der Waals surface area contributed by atoms with Gasteiger partial charge in [0.25, 0.3) is 0 Å². The molecule has 1 aromatic heterocycles. The number of hydrogen-bond acceptors (Lipinski definition) is 6. The van der Waals surface area contributed by atoms with Gasteiger partial charge in [-0.2, -0.15) is 0 Å². The van der Waals surface area contributed by atoms with Crippen molar-refractivity contribution in [2.24, 2.45) is 0 Å². The maximum Gasteiger partial charge on any atom is 0.307 e. The standard InChI is InChI=1S/C31H29ClFNO5/c1-3-4-20(16-29(35)36-2)19-5-7-22(8-6-19)38-28-12-10-25-24(9-11-27(33)30(25)28)21-15-26(32)31(34-17-21)39-23-13-14-37-18-23/h5-9,11,15,17,20,23,28H,10,12-14,16,18H2,1-2H3/t20?,23-,28-/m1/s1. The van der Waals surface area contributed by atoms with E-state index in [1.807, 2.05) is 30.3 Å². The molecule has 5 rings (SSSR count). The summed E-state index contributed by atoms with van der Waals surface area (Å²) in [5.74, 6) is 6.02. The van der Waals surface area contributed by atoms with E-state index < -0.39 is 6.10 Å². The molecule has 8 heteroatoms. The van der Waals surface area contributed by atoms with Gasteiger partial charge in [-0.25, -0.2) is 9.37 Å². The Morgan fingerprint density at radius 3 is 2.72 bits per heavy atom. The normalized spacial score (nSPS) is 18.6. The van der Waals surface area contributed by atoms with Gasteiger partial charge < -0.3 is 18.9 Å². The first-order valence-corrected chi connectivity index (χ1v) is 13.3. The lowest BCUT2D eigenvalue weighted by Crippen LogP contribution is -2.16. The lowest BCUT2D eigenvalue weighted by Gasteiger charge is -2.18.